The van der Waals surface area contributed by atoms with E-state index in [4.69, 9.17) is 4.74 Å². The molecule has 28 heavy (non-hydrogen) atoms. The van der Waals surface area contributed by atoms with Gasteiger partial charge in [-0.15, -0.1) is 4.40 Å². The fourth-order valence-corrected chi connectivity index (χ4v) is 6.05. The number of sulfonamides is 1. The van der Waals surface area contributed by atoms with Gasteiger partial charge in [0, 0.05) is 6.08 Å². The average Bonchev–Trinajstić information content (AvgIpc) is 3.41. The van der Waals surface area contributed by atoms with Gasteiger partial charge in [0.25, 0.3) is 10.0 Å². The molecule has 2 heterocycles. The summed E-state index contributed by atoms with van der Waals surface area (Å²) in [6.45, 7) is 6.25. The van der Waals surface area contributed by atoms with Gasteiger partial charge >= 0.3 is 0 Å². The Bertz CT molecular complexity index is 883. The van der Waals surface area contributed by atoms with E-state index in [1.807, 2.05) is 11.0 Å². The van der Waals surface area contributed by atoms with Crippen molar-refractivity contribution in [3.63, 3.8) is 0 Å². The lowest BCUT2D eigenvalue weighted by Crippen LogP contribution is -2.53. The first-order valence-corrected chi connectivity index (χ1v) is 12.2. The third-order valence-electron chi connectivity index (χ3n) is 7.54. The normalized spacial score (nSPS) is 35.0. The Morgan fingerprint density at radius 3 is 2.68 bits per heavy atom. The molecule has 3 unspecified atom stereocenters. The molecule has 8 heteroatoms. The summed E-state index contributed by atoms with van der Waals surface area (Å²) >= 11 is 0. The van der Waals surface area contributed by atoms with Crippen LogP contribution in [0.2, 0.25) is 0 Å². The number of hydrazine groups is 1. The molecule has 5 fully saturated rings. The van der Waals surface area contributed by atoms with E-state index in [-0.39, 0.29) is 0 Å². The number of ether oxygens (including phenoxy) is 1. The molecule has 0 aromatic heterocycles. The van der Waals surface area contributed by atoms with Crippen LogP contribution < -0.4 is 10.9 Å². The third kappa shape index (κ3) is 3.09. The van der Waals surface area contributed by atoms with E-state index in [9.17, 15) is 8.42 Å². The first kappa shape index (κ1) is 18.3. The van der Waals surface area contributed by atoms with Crippen LogP contribution in [0.4, 0.5) is 0 Å². The van der Waals surface area contributed by atoms with Gasteiger partial charge in [-0.3, -0.25) is 15.8 Å². The van der Waals surface area contributed by atoms with Crippen molar-refractivity contribution in [2.24, 2.45) is 33.5 Å². The van der Waals surface area contributed by atoms with Crippen molar-refractivity contribution in [2.45, 2.75) is 46.0 Å². The van der Waals surface area contributed by atoms with Crippen LogP contribution >= 0.6 is 0 Å². The first-order valence-electron chi connectivity index (χ1n) is 10.4. The fourth-order valence-electron chi connectivity index (χ4n) is 5.59. The van der Waals surface area contributed by atoms with Gasteiger partial charge in [0.1, 0.15) is 11.6 Å². The summed E-state index contributed by atoms with van der Waals surface area (Å²) in [4.78, 5) is 1.89. The summed E-state index contributed by atoms with van der Waals surface area (Å²) in [5.74, 6) is 4.98. The number of rotatable bonds is 5. The maximum atomic E-state index is 11.6. The summed E-state index contributed by atoms with van der Waals surface area (Å²) in [5.41, 5.74) is 7.66. The van der Waals surface area contributed by atoms with Gasteiger partial charge in [0.05, 0.1) is 19.4 Å². The van der Waals surface area contributed by atoms with E-state index in [0.717, 1.165) is 36.3 Å². The van der Waals surface area contributed by atoms with Crippen molar-refractivity contribution in [2.75, 3.05) is 19.4 Å². The number of hydrogen-bond donors (Lipinski definition) is 2. The Morgan fingerprint density at radius 1 is 1.25 bits per heavy atom. The minimum absolute atomic E-state index is 0.334. The molecule has 4 aliphatic carbocycles. The van der Waals surface area contributed by atoms with Crippen molar-refractivity contribution in [3.8, 4) is 0 Å². The average molecular weight is 407 g/mol. The minimum Gasteiger partial charge on any atom is -0.493 e. The van der Waals surface area contributed by atoms with Crippen molar-refractivity contribution >= 4 is 16.0 Å². The predicted molar refractivity (Wildman–Crippen MR) is 107 cm³/mol. The lowest BCUT2D eigenvalue weighted by atomic mass is 9.46. The van der Waals surface area contributed by atoms with Crippen molar-refractivity contribution in [1.29, 1.82) is 0 Å². The zero-order valence-electron chi connectivity index (χ0n) is 16.9. The Morgan fingerprint density at radius 2 is 2.04 bits per heavy atom. The first-order chi connectivity index (χ1) is 13.2. The molecule has 0 aromatic carbocycles. The standard InChI is InChI=1S/C20H30N4O3S/c1-20(2)14-7-6-13(16(20)8-14)11-27-17-9-18-21-22-19(23-28(3,25)26)24(18)10-15(17)12-4-5-12/h9,12-14,16,21H,4-8,10-11H2,1-3H3,(H,22,23). The summed E-state index contributed by atoms with van der Waals surface area (Å²) in [5, 5.41) is 0. The van der Waals surface area contributed by atoms with E-state index in [0.29, 0.717) is 29.8 Å². The smallest absolute Gasteiger partial charge is 0.253 e. The van der Waals surface area contributed by atoms with E-state index in [2.05, 4.69) is 29.1 Å². The van der Waals surface area contributed by atoms with E-state index >= 15 is 0 Å². The van der Waals surface area contributed by atoms with Crippen LogP contribution in [0.1, 0.15) is 46.0 Å². The molecule has 154 valence electrons. The van der Waals surface area contributed by atoms with Gasteiger partial charge in [-0.2, -0.15) is 0 Å². The Labute approximate surface area is 167 Å². The van der Waals surface area contributed by atoms with Gasteiger partial charge < -0.3 is 4.74 Å². The van der Waals surface area contributed by atoms with Crippen LogP contribution in [0.25, 0.3) is 0 Å². The molecule has 2 N–H and O–H groups in total. The largest absolute Gasteiger partial charge is 0.493 e. The predicted octanol–water partition coefficient (Wildman–Crippen LogP) is 2.32. The van der Waals surface area contributed by atoms with Crippen molar-refractivity contribution in [1.82, 2.24) is 15.8 Å². The molecule has 6 rings (SSSR count). The second-order valence-electron chi connectivity index (χ2n) is 9.69. The molecule has 0 radical (unpaired) electrons. The van der Waals surface area contributed by atoms with Gasteiger partial charge in [0.15, 0.2) is 0 Å². The van der Waals surface area contributed by atoms with E-state index in [1.165, 1.54) is 37.7 Å². The van der Waals surface area contributed by atoms with E-state index < -0.39 is 10.0 Å². The number of fused-ring (bicyclic) bond motifs is 3. The van der Waals surface area contributed by atoms with Gasteiger partial charge in [0.2, 0.25) is 5.96 Å². The lowest BCUT2D eigenvalue weighted by molar-refractivity contribution is -0.118. The molecule has 4 saturated carbocycles. The van der Waals surface area contributed by atoms with Crippen LogP contribution in [0.3, 0.4) is 0 Å². The second kappa shape index (κ2) is 6.15. The molecule has 2 aliphatic heterocycles. The van der Waals surface area contributed by atoms with Crippen LogP contribution in [0.5, 0.6) is 0 Å². The maximum Gasteiger partial charge on any atom is 0.253 e. The molecule has 0 aromatic rings. The number of nitrogens with one attached hydrogen (secondary N) is 2. The number of nitrogens with zero attached hydrogens (tertiary/aromatic N) is 2. The van der Waals surface area contributed by atoms with Crippen molar-refractivity contribution in [3.05, 3.63) is 23.2 Å². The fraction of sp³-hybridized carbons (Fsp3) is 0.750. The number of hydrogen-bond acceptors (Lipinski definition) is 4. The molecule has 1 saturated heterocycles. The SMILES string of the molecule is CC1(C)C2CCC(COC3=C(C4CC4)CN4C(=C3)NNC4=NS(C)(=O)=O)C1C2. The molecule has 7 nitrogen and oxygen atoms in total. The molecular formula is C20H30N4O3S. The van der Waals surface area contributed by atoms with Crippen LogP contribution in [-0.4, -0.2) is 38.7 Å². The molecule has 0 spiro atoms. The van der Waals surface area contributed by atoms with Gasteiger partial charge in [-0.1, -0.05) is 13.8 Å². The van der Waals surface area contributed by atoms with Gasteiger partial charge in [-0.05, 0) is 66.8 Å². The molecule has 2 bridgehead atoms. The Hall–Kier alpha value is -1.70. The third-order valence-corrected chi connectivity index (χ3v) is 8.04. The highest BCUT2D eigenvalue weighted by atomic mass is 32.2. The summed E-state index contributed by atoms with van der Waals surface area (Å²) < 4.78 is 33.4. The van der Waals surface area contributed by atoms with Crippen LogP contribution in [-0.2, 0) is 14.8 Å². The lowest BCUT2D eigenvalue weighted by Gasteiger charge is -2.60. The molecular weight excluding hydrogens is 376 g/mol. The monoisotopic (exact) mass is 406 g/mol. The molecule has 0 amide bonds. The number of allylic oxidation sites excluding steroid dienone is 1. The Kier molecular flexibility index (Phi) is 4.03. The van der Waals surface area contributed by atoms with Crippen molar-refractivity contribution < 1.29 is 13.2 Å². The Balaban J connectivity index is 1.33. The van der Waals surface area contributed by atoms with Gasteiger partial charge in [-0.25, -0.2) is 8.42 Å². The number of guanidine groups is 1. The highest BCUT2D eigenvalue weighted by molar-refractivity contribution is 7.89. The minimum atomic E-state index is -3.46. The zero-order chi connectivity index (χ0) is 19.7. The molecule has 3 atom stereocenters. The highest BCUT2D eigenvalue weighted by Gasteiger charge is 2.54. The summed E-state index contributed by atoms with van der Waals surface area (Å²) in [6.07, 6.45) is 9.44. The summed E-state index contributed by atoms with van der Waals surface area (Å²) in [6, 6.07) is 0. The zero-order valence-corrected chi connectivity index (χ0v) is 17.7. The van der Waals surface area contributed by atoms with E-state index in [1.54, 1.807) is 0 Å². The van der Waals surface area contributed by atoms with Crippen LogP contribution in [0, 0.1) is 29.1 Å². The second-order valence-corrected chi connectivity index (χ2v) is 11.3. The highest BCUT2D eigenvalue weighted by Crippen LogP contribution is 2.61. The van der Waals surface area contributed by atoms with Crippen LogP contribution in [0.15, 0.2) is 27.6 Å². The summed E-state index contributed by atoms with van der Waals surface area (Å²) in [7, 11) is -3.46. The topological polar surface area (TPSA) is 83.0 Å². The quantitative estimate of drug-likeness (QED) is 0.729. The molecule has 6 aliphatic rings. The maximum absolute atomic E-state index is 11.6.